The second kappa shape index (κ2) is 35.2. The lowest BCUT2D eigenvalue weighted by Gasteiger charge is -2.28. The minimum atomic E-state index is -4.64. The van der Waals surface area contributed by atoms with Crippen molar-refractivity contribution < 1.29 is 42.1 Å². The molecular formula is C43H74NO8P. The van der Waals surface area contributed by atoms with Crippen LogP contribution >= 0.6 is 7.82 Å². The van der Waals surface area contributed by atoms with Crippen LogP contribution in [0, 0.1) is 0 Å². The molecule has 0 rings (SSSR count). The Morgan fingerprint density at radius 1 is 0.604 bits per heavy atom. The zero-order chi connectivity index (χ0) is 39.3. The lowest BCUT2D eigenvalue weighted by atomic mass is 10.1. The molecule has 0 amide bonds. The van der Waals surface area contributed by atoms with Crippen LogP contribution in [0.4, 0.5) is 0 Å². The van der Waals surface area contributed by atoms with E-state index in [-0.39, 0.29) is 26.1 Å². The van der Waals surface area contributed by atoms with E-state index in [4.69, 9.17) is 18.5 Å². The third kappa shape index (κ3) is 39.0. The summed E-state index contributed by atoms with van der Waals surface area (Å²) in [6, 6.07) is 0. The van der Waals surface area contributed by atoms with Crippen LogP contribution in [-0.4, -0.2) is 70.0 Å². The fourth-order valence-electron chi connectivity index (χ4n) is 4.85. The number of carbonyl (C=O) groups excluding carboxylic acids is 2. The molecule has 9 nitrogen and oxygen atoms in total. The third-order valence-corrected chi connectivity index (χ3v) is 8.97. The molecule has 53 heavy (non-hydrogen) atoms. The first-order valence-corrected chi connectivity index (χ1v) is 21.6. The zero-order valence-corrected chi connectivity index (χ0v) is 34.8. The van der Waals surface area contributed by atoms with Crippen molar-refractivity contribution >= 4 is 19.8 Å². The topological polar surface area (TPSA) is 111 Å². The molecule has 1 unspecified atom stereocenters. The van der Waals surface area contributed by atoms with Crippen LogP contribution in [0.3, 0.4) is 0 Å². The number of quaternary nitrogens is 1. The van der Waals surface area contributed by atoms with Crippen LogP contribution < -0.4 is 4.89 Å². The summed E-state index contributed by atoms with van der Waals surface area (Å²) >= 11 is 0. The van der Waals surface area contributed by atoms with Crippen LogP contribution in [-0.2, 0) is 32.7 Å². The van der Waals surface area contributed by atoms with E-state index in [0.717, 1.165) is 57.8 Å². The number of hydrogen-bond acceptors (Lipinski definition) is 8. The van der Waals surface area contributed by atoms with Crippen LogP contribution in [0.5, 0.6) is 0 Å². The Bertz CT molecular complexity index is 1140. The number of hydrogen-bond donors (Lipinski definition) is 0. The number of esters is 2. The Morgan fingerprint density at radius 3 is 1.57 bits per heavy atom. The molecular weight excluding hydrogens is 689 g/mol. The number of unbranched alkanes of at least 4 members (excludes halogenated alkanes) is 9. The largest absolute Gasteiger partial charge is 0.756 e. The van der Waals surface area contributed by atoms with Gasteiger partial charge < -0.3 is 27.9 Å². The van der Waals surface area contributed by atoms with Crippen molar-refractivity contribution in [3.05, 3.63) is 72.9 Å². The molecule has 0 radical (unpaired) electrons. The fraction of sp³-hybridized carbons (Fsp3) is 0.674. The van der Waals surface area contributed by atoms with Crippen molar-refractivity contribution in [1.82, 2.24) is 0 Å². The number of carbonyl (C=O) groups is 2. The number of allylic oxidation sites excluding steroid dienone is 12. The summed E-state index contributed by atoms with van der Waals surface area (Å²) in [6.45, 7) is 3.98. The fourth-order valence-corrected chi connectivity index (χ4v) is 5.58. The van der Waals surface area contributed by atoms with E-state index in [2.05, 4.69) is 74.6 Å². The highest BCUT2D eigenvalue weighted by Gasteiger charge is 2.21. The first kappa shape index (κ1) is 50.5. The molecule has 10 heteroatoms. The number of nitrogens with zero attached hydrogens (tertiary/aromatic N) is 1. The molecule has 0 spiro atoms. The molecule has 0 saturated carbocycles. The van der Waals surface area contributed by atoms with E-state index >= 15 is 0 Å². The summed E-state index contributed by atoms with van der Waals surface area (Å²) in [6.07, 6.45) is 42.4. The first-order chi connectivity index (χ1) is 25.5. The van der Waals surface area contributed by atoms with Gasteiger partial charge in [-0.05, 0) is 51.4 Å². The summed E-state index contributed by atoms with van der Waals surface area (Å²) in [5.74, 6) is -0.941. The maximum atomic E-state index is 12.6. The number of ether oxygens (including phenoxy) is 2. The summed E-state index contributed by atoms with van der Waals surface area (Å²) in [4.78, 5) is 37.3. The van der Waals surface area contributed by atoms with E-state index in [1.807, 2.05) is 33.3 Å². The van der Waals surface area contributed by atoms with Gasteiger partial charge in [0.25, 0.3) is 7.82 Å². The van der Waals surface area contributed by atoms with Crippen molar-refractivity contribution in [3.63, 3.8) is 0 Å². The number of phosphoric ester groups is 1. The smallest absolute Gasteiger partial charge is 0.306 e. The molecule has 0 fully saturated rings. The van der Waals surface area contributed by atoms with Crippen molar-refractivity contribution in [2.75, 3.05) is 47.5 Å². The number of phosphoric acid groups is 1. The van der Waals surface area contributed by atoms with Gasteiger partial charge in [0.1, 0.15) is 19.8 Å². The molecule has 0 heterocycles. The van der Waals surface area contributed by atoms with E-state index in [1.54, 1.807) is 0 Å². The van der Waals surface area contributed by atoms with E-state index in [0.29, 0.717) is 23.9 Å². The van der Waals surface area contributed by atoms with Gasteiger partial charge in [-0.2, -0.15) is 0 Å². The second-order valence-corrected chi connectivity index (χ2v) is 15.7. The SMILES string of the molecule is CC/C=C\C/C=C\C/C=C\C/C=C\C/C=C\C/C=C\CCC(=O)OC[C@H](COP(=O)([O-])OCC[N+](C)(C)C)OC(=O)CCCCCCCCCCCC. The molecule has 0 aliphatic carbocycles. The average molecular weight is 764 g/mol. The van der Waals surface area contributed by atoms with Gasteiger partial charge in [0.15, 0.2) is 6.10 Å². The third-order valence-electron chi connectivity index (χ3n) is 8.00. The minimum absolute atomic E-state index is 0.0446. The van der Waals surface area contributed by atoms with Gasteiger partial charge in [-0.1, -0.05) is 145 Å². The van der Waals surface area contributed by atoms with Crippen molar-refractivity contribution in [2.24, 2.45) is 0 Å². The number of rotatable bonds is 35. The predicted octanol–water partition coefficient (Wildman–Crippen LogP) is 10.4. The Kier molecular flexibility index (Phi) is 33.5. The molecule has 0 saturated heterocycles. The highest BCUT2D eigenvalue weighted by Crippen LogP contribution is 2.38. The van der Waals surface area contributed by atoms with Crippen molar-refractivity contribution in [3.8, 4) is 0 Å². The van der Waals surface area contributed by atoms with E-state index in [1.165, 1.54) is 38.5 Å². The van der Waals surface area contributed by atoms with Gasteiger partial charge in [0, 0.05) is 12.8 Å². The lowest BCUT2D eigenvalue weighted by Crippen LogP contribution is -2.37. The van der Waals surface area contributed by atoms with Crippen LogP contribution in [0.1, 0.15) is 136 Å². The van der Waals surface area contributed by atoms with Gasteiger partial charge in [-0.3, -0.25) is 14.2 Å². The van der Waals surface area contributed by atoms with Crippen LogP contribution in [0.15, 0.2) is 72.9 Å². The highest BCUT2D eigenvalue weighted by molar-refractivity contribution is 7.45. The highest BCUT2D eigenvalue weighted by atomic mass is 31.2. The van der Waals surface area contributed by atoms with E-state index < -0.39 is 32.5 Å². The Labute approximate surface area is 323 Å². The van der Waals surface area contributed by atoms with Gasteiger partial charge in [-0.25, -0.2) is 0 Å². The van der Waals surface area contributed by atoms with Gasteiger partial charge in [0.05, 0.1) is 27.7 Å². The lowest BCUT2D eigenvalue weighted by molar-refractivity contribution is -0.870. The number of likely N-dealkylation sites (N-methyl/N-ethyl adjacent to an activating group) is 1. The van der Waals surface area contributed by atoms with Crippen molar-refractivity contribution in [1.29, 1.82) is 0 Å². The monoisotopic (exact) mass is 764 g/mol. The summed E-state index contributed by atoms with van der Waals surface area (Å²) in [5, 5.41) is 0. The standard InChI is InChI=1S/C43H74NO8P/c1-6-8-10-12-14-16-18-19-20-21-22-23-24-25-26-28-29-31-33-35-42(45)49-39-41(40-51-53(47,48)50-38-37-44(3,4)5)52-43(46)36-34-32-30-27-17-15-13-11-9-7-2/h8,10,14,16,19-20,22-23,25-26,29,31,41H,6-7,9,11-13,15,17-18,21,24,27-28,30,32-40H2,1-5H3/b10-8-,16-14-,20-19-,23-22-,26-25-,31-29-/t41-/m1/s1. The zero-order valence-electron chi connectivity index (χ0n) is 33.9. The molecule has 2 atom stereocenters. The summed E-state index contributed by atoms with van der Waals surface area (Å²) in [7, 11) is 1.12. The molecule has 0 bridgehead atoms. The Balaban J connectivity index is 4.51. The van der Waals surface area contributed by atoms with Gasteiger partial charge >= 0.3 is 11.9 Å². The van der Waals surface area contributed by atoms with Crippen LogP contribution in [0.25, 0.3) is 0 Å². The molecule has 0 aromatic heterocycles. The van der Waals surface area contributed by atoms with E-state index in [9.17, 15) is 19.0 Å². The quantitative estimate of drug-likeness (QED) is 0.0206. The maximum Gasteiger partial charge on any atom is 0.306 e. The predicted molar refractivity (Wildman–Crippen MR) is 217 cm³/mol. The molecule has 0 aromatic rings. The molecule has 0 N–H and O–H groups in total. The maximum absolute atomic E-state index is 12.6. The molecule has 0 aliphatic rings. The second-order valence-electron chi connectivity index (χ2n) is 14.3. The molecule has 0 aromatic carbocycles. The molecule has 0 aliphatic heterocycles. The van der Waals surface area contributed by atoms with Gasteiger partial charge in [0.2, 0.25) is 0 Å². The Morgan fingerprint density at radius 2 is 1.08 bits per heavy atom. The minimum Gasteiger partial charge on any atom is -0.756 e. The summed E-state index contributed by atoms with van der Waals surface area (Å²) in [5.41, 5.74) is 0. The molecule has 304 valence electrons. The van der Waals surface area contributed by atoms with Crippen molar-refractivity contribution in [2.45, 2.75) is 142 Å². The average Bonchev–Trinajstić information content (AvgIpc) is 3.10. The Hall–Kier alpha value is -2.55. The summed E-state index contributed by atoms with van der Waals surface area (Å²) < 4.78 is 33.7. The van der Waals surface area contributed by atoms with Gasteiger partial charge in [-0.15, -0.1) is 0 Å². The van der Waals surface area contributed by atoms with Crippen LogP contribution in [0.2, 0.25) is 0 Å². The first-order valence-electron chi connectivity index (χ1n) is 20.1. The normalized spacial score (nSPS) is 14.5.